The highest BCUT2D eigenvalue weighted by Gasteiger charge is 2.23. The predicted molar refractivity (Wildman–Crippen MR) is 139 cm³/mol. The van der Waals surface area contributed by atoms with Crippen molar-refractivity contribution in [2.24, 2.45) is 0 Å². The minimum atomic E-state index is -0.877. The monoisotopic (exact) mass is 466 g/mol. The SMILES string of the molecule is CCCCC/C=C\CC(C)(O)Cc1ccc2cc3c(OCOC)cccc3cc2c1OCOC. The van der Waals surface area contributed by atoms with Gasteiger partial charge in [0.2, 0.25) is 0 Å². The first kappa shape index (κ1) is 26.0. The highest BCUT2D eigenvalue weighted by atomic mass is 16.7. The molecule has 3 rings (SSSR count). The van der Waals surface area contributed by atoms with Crippen LogP contribution in [0.15, 0.2) is 54.6 Å². The third-order valence-electron chi connectivity index (χ3n) is 5.93. The van der Waals surface area contributed by atoms with Gasteiger partial charge in [0, 0.05) is 31.4 Å². The summed E-state index contributed by atoms with van der Waals surface area (Å²) in [7, 11) is 3.22. The smallest absolute Gasteiger partial charge is 0.188 e. The lowest BCUT2D eigenvalue weighted by Crippen LogP contribution is -2.26. The van der Waals surface area contributed by atoms with Gasteiger partial charge in [-0.2, -0.15) is 0 Å². The lowest BCUT2D eigenvalue weighted by atomic mass is 9.90. The van der Waals surface area contributed by atoms with Gasteiger partial charge in [0.25, 0.3) is 0 Å². The van der Waals surface area contributed by atoms with Crippen molar-refractivity contribution in [3.05, 3.63) is 60.2 Å². The van der Waals surface area contributed by atoms with Crippen LogP contribution < -0.4 is 9.47 Å². The van der Waals surface area contributed by atoms with E-state index in [1.165, 1.54) is 19.3 Å². The third kappa shape index (κ3) is 6.95. The zero-order valence-corrected chi connectivity index (χ0v) is 20.9. The lowest BCUT2D eigenvalue weighted by Gasteiger charge is -2.24. The Balaban J connectivity index is 1.92. The fourth-order valence-corrected chi connectivity index (χ4v) is 4.21. The summed E-state index contributed by atoms with van der Waals surface area (Å²) in [6, 6.07) is 14.3. The summed E-state index contributed by atoms with van der Waals surface area (Å²) < 4.78 is 22.1. The van der Waals surface area contributed by atoms with E-state index in [2.05, 4.69) is 43.3 Å². The fraction of sp³-hybridized carbons (Fsp3) is 0.448. The van der Waals surface area contributed by atoms with Gasteiger partial charge in [-0.15, -0.1) is 0 Å². The molecule has 184 valence electrons. The maximum Gasteiger partial charge on any atom is 0.188 e. The molecule has 0 radical (unpaired) electrons. The second-order valence-electron chi connectivity index (χ2n) is 9.05. The molecule has 0 bridgehead atoms. The van der Waals surface area contributed by atoms with Gasteiger partial charge < -0.3 is 24.1 Å². The van der Waals surface area contributed by atoms with Crippen LogP contribution in [0.3, 0.4) is 0 Å². The number of ether oxygens (including phenoxy) is 4. The van der Waals surface area contributed by atoms with E-state index < -0.39 is 5.60 Å². The first-order valence-electron chi connectivity index (χ1n) is 12.1. The molecule has 0 aliphatic rings. The predicted octanol–water partition coefficient (Wildman–Crippen LogP) is 6.78. The van der Waals surface area contributed by atoms with E-state index in [4.69, 9.17) is 18.9 Å². The van der Waals surface area contributed by atoms with Gasteiger partial charge in [0.05, 0.1) is 5.60 Å². The minimum Gasteiger partial charge on any atom is -0.467 e. The molecule has 34 heavy (non-hydrogen) atoms. The zero-order valence-electron chi connectivity index (χ0n) is 20.9. The average molecular weight is 467 g/mol. The van der Waals surface area contributed by atoms with Crippen molar-refractivity contribution in [3.8, 4) is 11.5 Å². The van der Waals surface area contributed by atoms with Gasteiger partial charge in [-0.25, -0.2) is 0 Å². The average Bonchev–Trinajstić information content (AvgIpc) is 2.82. The summed E-state index contributed by atoms with van der Waals surface area (Å²) in [5.41, 5.74) is 0.0815. The van der Waals surface area contributed by atoms with Crippen LogP contribution in [0.1, 0.15) is 51.5 Å². The summed E-state index contributed by atoms with van der Waals surface area (Å²) >= 11 is 0. The Kier molecular flexibility index (Phi) is 9.75. The highest BCUT2D eigenvalue weighted by molar-refractivity contribution is 6.03. The number of hydrogen-bond acceptors (Lipinski definition) is 5. The van der Waals surface area contributed by atoms with E-state index in [-0.39, 0.29) is 13.6 Å². The quantitative estimate of drug-likeness (QED) is 0.123. The molecule has 3 aromatic rings. The van der Waals surface area contributed by atoms with Crippen LogP contribution in [-0.2, 0) is 15.9 Å². The number of aliphatic hydroxyl groups is 1. The molecule has 1 atom stereocenters. The second-order valence-corrected chi connectivity index (χ2v) is 9.05. The number of unbranched alkanes of at least 4 members (excludes halogenated alkanes) is 3. The standard InChI is InChI=1S/C29H38O5/c1-5-6-7-8-9-10-16-29(2,30)19-24-15-14-23-17-25-22(12-11-13-27(25)33-20-31-3)18-26(23)28(24)34-21-32-4/h9-15,17-18,30H,5-8,16,19-21H2,1-4H3/b10-9-. The molecule has 0 saturated carbocycles. The van der Waals surface area contributed by atoms with Crippen molar-refractivity contribution in [2.75, 3.05) is 27.8 Å². The highest BCUT2D eigenvalue weighted by Crippen LogP contribution is 2.37. The van der Waals surface area contributed by atoms with Crippen molar-refractivity contribution < 1.29 is 24.1 Å². The molecule has 3 aromatic carbocycles. The Morgan fingerprint density at radius 2 is 1.62 bits per heavy atom. The summed E-state index contributed by atoms with van der Waals surface area (Å²) in [5, 5.41) is 15.2. The normalized spacial score (nSPS) is 13.6. The molecule has 0 spiro atoms. The number of benzene rings is 3. The minimum absolute atomic E-state index is 0.139. The molecule has 0 fully saturated rings. The molecule has 0 heterocycles. The van der Waals surface area contributed by atoms with Gasteiger partial charge in [0.1, 0.15) is 11.5 Å². The summed E-state index contributed by atoms with van der Waals surface area (Å²) in [6.45, 7) is 4.42. The number of fused-ring (bicyclic) bond motifs is 2. The topological polar surface area (TPSA) is 57.2 Å². The van der Waals surface area contributed by atoms with Crippen LogP contribution >= 0.6 is 0 Å². The molecule has 0 saturated heterocycles. The van der Waals surface area contributed by atoms with Crippen LogP contribution in [0.25, 0.3) is 21.5 Å². The largest absolute Gasteiger partial charge is 0.467 e. The van der Waals surface area contributed by atoms with E-state index in [0.717, 1.165) is 45.0 Å². The summed E-state index contributed by atoms with van der Waals surface area (Å²) in [4.78, 5) is 0. The Bertz CT molecular complexity index is 1090. The zero-order chi connectivity index (χ0) is 24.4. The van der Waals surface area contributed by atoms with Gasteiger partial charge in [0.15, 0.2) is 13.6 Å². The van der Waals surface area contributed by atoms with Crippen LogP contribution in [-0.4, -0.2) is 38.5 Å². The van der Waals surface area contributed by atoms with Crippen molar-refractivity contribution in [3.63, 3.8) is 0 Å². The lowest BCUT2D eigenvalue weighted by molar-refractivity contribution is 0.0458. The van der Waals surface area contributed by atoms with E-state index >= 15 is 0 Å². The molecule has 0 aromatic heterocycles. The molecule has 0 aliphatic heterocycles. The van der Waals surface area contributed by atoms with Crippen LogP contribution in [0.2, 0.25) is 0 Å². The van der Waals surface area contributed by atoms with Gasteiger partial charge in [-0.3, -0.25) is 0 Å². The summed E-state index contributed by atoms with van der Waals surface area (Å²) in [6.07, 6.45) is 10.1. The molecule has 5 nitrogen and oxygen atoms in total. The van der Waals surface area contributed by atoms with Gasteiger partial charge in [-0.05, 0) is 60.7 Å². The Morgan fingerprint density at radius 3 is 2.38 bits per heavy atom. The number of methoxy groups -OCH3 is 2. The van der Waals surface area contributed by atoms with E-state index in [1.54, 1.807) is 14.2 Å². The van der Waals surface area contributed by atoms with E-state index in [9.17, 15) is 5.11 Å². The molecule has 1 N–H and O–H groups in total. The van der Waals surface area contributed by atoms with Crippen molar-refractivity contribution in [1.29, 1.82) is 0 Å². The van der Waals surface area contributed by atoms with Crippen LogP contribution in [0, 0.1) is 0 Å². The van der Waals surface area contributed by atoms with Gasteiger partial charge in [-0.1, -0.05) is 56.2 Å². The molecule has 5 heteroatoms. The second kappa shape index (κ2) is 12.7. The molecule has 0 amide bonds. The number of rotatable bonds is 14. The van der Waals surface area contributed by atoms with E-state index in [0.29, 0.717) is 12.8 Å². The van der Waals surface area contributed by atoms with Crippen molar-refractivity contribution >= 4 is 21.5 Å². The maximum atomic E-state index is 11.1. The van der Waals surface area contributed by atoms with Crippen molar-refractivity contribution in [2.45, 2.75) is 58.0 Å². The Hall–Kier alpha value is -2.60. The fourth-order valence-electron chi connectivity index (χ4n) is 4.21. The first-order valence-corrected chi connectivity index (χ1v) is 12.1. The molecular weight excluding hydrogens is 428 g/mol. The molecule has 0 aliphatic carbocycles. The molecule has 1 unspecified atom stereocenters. The third-order valence-corrected chi connectivity index (χ3v) is 5.93. The summed E-state index contributed by atoms with van der Waals surface area (Å²) in [5.74, 6) is 1.52. The van der Waals surface area contributed by atoms with E-state index in [1.807, 2.05) is 25.1 Å². The Morgan fingerprint density at radius 1 is 0.882 bits per heavy atom. The van der Waals surface area contributed by atoms with Crippen LogP contribution in [0.5, 0.6) is 11.5 Å². The van der Waals surface area contributed by atoms with Crippen molar-refractivity contribution in [1.82, 2.24) is 0 Å². The van der Waals surface area contributed by atoms with Gasteiger partial charge >= 0.3 is 0 Å². The Labute approximate surface area is 203 Å². The maximum absolute atomic E-state index is 11.1. The van der Waals surface area contributed by atoms with Crippen LogP contribution in [0.4, 0.5) is 0 Å². The number of hydrogen-bond donors (Lipinski definition) is 1. The molecular formula is C29H38O5. The first-order chi connectivity index (χ1) is 16.5. The number of allylic oxidation sites excluding steroid dienone is 1.